The Morgan fingerprint density at radius 1 is 1.50 bits per heavy atom. The first-order chi connectivity index (χ1) is 3.56. The van der Waals surface area contributed by atoms with Gasteiger partial charge in [0.05, 0.1) is 0 Å². The molecule has 1 nitrogen and oxygen atoms in total. The highest BCUT2D eigenvalue weighted by molar-refractivity contribution is 9.25. The van der Waals surface area contributed by atoms with Gasteiger partial charge < -0.3 is 4.43 Å². The lowest BCUT2D eigenvalue weighted by Crippen LogP contribution is -2.21. The molecule has 0 saturated carbocycles. The molecule has 0 fully saturated rings. The normalized spacial score (nSPS) is 12.0. The summed E-state index contributed by atoms with van der Waals surface area (Å²) in [6, 6.07) is 0. The van der Waals surface area contributed by atoms with Crippen molar-refractivity contribution in [3.05, 3.63) is 0 Å². The topological polar surface area (TPSA) is 9.23 Å². The Morgan fingerprint density at radius 3 is 2.12 bits per heavy atom. The second-order valence-corrected chi connectivity index (χ2v) is 11.0. The second-order valence-electron chi connectivity index (χ2n) is 2.21. The van der Waals surface area contributed by atoms with E-state index in [2.05, 4.69) is 35.3 Å². The van der Waals surface area contributed by atoms with Gasteiger partial charge >= 0.3 is 0 Å². The zero-order valence-corrected chi connectivity index (χ0v) is 8.29. The van der Waals surface area contributed by atoms with Crippen LogP contribution in [0, 0.1) is 0 Å². The Kier molecular flexibility index (Phi) is 3.94. The maximum absolute atomic E-state index is 5.43. The summed E-state index contributed by atoms with van der Waals surface area (Å²) in [7, 11) is 0. The Hall–Kier alpha value is 0.657. The van der Waals surface area contributed by atoms with E-state index < -0.39 is 6.94 Å². The minimum atomic E-state index is -1.37. The van der Waals surface area contributed by atoms with Crippen LogP contribution in [-0.4, -0.2) is 13.5 Å². The number of hydrogen-bond donors (Lipinski definition) is 0. The van der Waals surface area contributed by atoms with Crippen molar-refractivity contribution in [1.82, 2.24) is 0 Å². The van der Waals surface area contributed by atoms with Crippen LogP contribution < -0.4 is 0 Å². The molecular weight excluding hydrogens is 184 g/mol. The Labute approximate surface area is 60.1 Å². The van der Waals surface area contributed by atoms with Crippen LogP contribution in [0.1, 0.15) is 13.3 Å². The van der Waals surface area contributed by atoms with Gasteiger partial charge in [0.25, 0.3) is 6.94 Å². The quantitative estimate of drug-likeness (QED) is 0.499. The third kappa shape index (κ3) is 6.66. The smallest absolute Gasteiger partial charge is 0.257 e. The van der Waals surface area contributed by atoms with Crippen LogP contribution in [0.15, 0.2) is 0 Å². The van der Waals surface area contributed by atoms with Gasteiger partial charge in [0.1, 0.15) is 0 Å². The summed E-state index contributed by atoms with van der Waals surface area (Å²) < 4.78 is 5.43. The first kappa shape index (κ1) is 8.66. The van der Waals surface area contributed by atoms with E-state index in [4.69, 9.17) is 4.43 Å². The lowest BCUT2D eigenvalue weighted by Gasteiger charge is -2.12. The molecule has 0 aromatic carbocycles. The third-order valence-corrected chi connectivity index (χ3v) is 2.23. The molecule has 0 amide bonds. The van der Waals surface area contributed by atoms with Gasteiger partial charge in [0.2, 0.25) is 0 Å². The van der Waals surface area contributed by atoms with Gasteiger partial charge in [-0.15, -0.1) is 0 Å². The third-order valence-electron chi connectivity index (χ3n) is 0.649. The molecule has 0 heterocycles. The molecule has 0 saturated heterocycles. The zero-order valence-electron chi connectivity index (χ0n) is 5.70. The molecule has 0 atom stereocenters. The van der Waals surface area contributed by atoms with E-state index in [1.165, 1.54) is 0 Å². The first-order valence-electron chi connectivity index (χ1n) is 2.89. The molecule has 0 bridgehead atoms. The fourth-order valence-electron chi connectivity index (χ4n) is 0.345. The van der Waals surface area contributed by atoms with Crippen LogP contribution in [0.3, 0.4) is 0 Å². The average Bonchev–Trinajstić information content (AvgIpc) is 1.59. The van der Waals surface area contributed by atoms with Crippen LogP contribution >= 0.6 is 15.3 Å². The highest BCUT2D eigenvalue weighted by atomic mass is 79.9. The van der Waals surface area contributed by atoms with Gasteiger partial charge in [-0.2, -0.15) is 0 Å². The van der Waals surface area contributed by atoms with E-state index in [-0.39, 0.29) is 0 Å². The minimum absolute atomic E-state index is 0.893. The highest BCUT2D eigenvalue weighted by Gasteiger charge is 2.15. The molecule has 0 unspecified atom stereocenters. The van der Waals surface area contributed by atoms with Crippen LogP contribution in [0.5, 0.6) is 0 Å². The van der Waals surface area contributed by atoms with Crippen LogP contribution in [-0.2, 0) is 4.43 Å². The van der Waals surface area contributed by atoms with Gasteiger partial charge in [-0.3, -0.25) is 0 Å². The van der Waals surface area contributed by atoms with E-state index in [9.17, 15) is 0 Å². The predicted molar refractivity (Wildman–Crippen MR) is 42.7 cm³/mol. The molecule has 0 radical (unpaired) electrons. The van der Waals surface area contributed by atoms with Gasteiger partial charge in [-0.1, -0.05) is 22.2 Å². The first-order valence-corrected chi connectivity index (χ1v) is 8.05. The summed E-state index contributed by atoms with van der Waals surface area (Å²) in [6.07, 6.45) is 1.11. The van der Waals surface area contributed by atoms with E-state index in [1.807, 2.05) is 0 Å². The van der Waals surface area contributed by atoms with Crippen molar-refractivity contribution in [2.45, 2.75) is 26.4 Å². The largest absolute Gasteiger partial charge is 0.407 e. The lowest BCUT2D eigenvalue weighted by molar-refractivity contribution is 0.322. The molecule has 0 aromatic heterocycles. The van der Waals surface area contributed by atoms with Gasteiger partial charge in [-0.05, 0) is 19.5 Å². The lowest BCUT2D eigenvalue weighted by atomic mass is 10.5. The molecule has 0 aliphatic heterocycles. The summed E-state index contributed by atoms with van der Waals surface area (Å²) in [6.45, 7) is 5.90. The molecule has 0 aliphatic carbocycles. The van der Waals surface area contributed by atoms with Gasteiger partial charge in [-0.25, -0.2) is 0 Å². The van der Waals surface area contributed by atoms with Gasteiger partial charge in [0.15, 0.2) is 0 Å². The molecule has 3 heteroatoms. The van der Waals surface area contributed by atoms with Crippen molar-refractivity contribution in [3.63, 3.8) is 0 Å². The van der Waals surface area contributed by atoms with Crippen molar-refractivity contribution in [1.29, 1.82) is 0 Å². The number of halogens is 1. The zero-order chi connectivity index (χ0) is 6.62. The molecule has 8 heavy (non-hydrogen) atoms. The highest BCUT2D eigenvalue weighted by Crippen LogP contribution is 2.11. The fourth-order valence-corrected chi connectivity index (χ4v) is 1.52. The fraction of sp³-hybridized carbons (Fsp3) is 1.00. The number of hydrogen-bond acceptors (Lipinski definition) is 1. The molecule has 0 spiro atoms. The molecule has 0 aliphatic rings. The van der Waals surface area contributed by atoms with Crippen molar-refractivity contribution < 1.29 is 4.43 Å². The maximum atomic E-state index is 5.43. The summed E-state index contributed by atoms with van der Waals surface area (Å²) in [4.78, 5) is 0. The minimum Gasteiger partial charge on any atom is -0.407 e. The van der Waals surface area contributed by atoms with Crippen LogP contribution in [0.4, 0.5) is 0 Å². The molecule has 50 valence electrons. The second kappa shape index (κ2) is 3.64. The Morgan fingerprint density at radius 2 is 2.00 bits per heavy atom. The predicted octanol–water partition coefficient (Wildman–Crippen LogP) is 2.51. The van der Waals surface area contributed by atoms with Crippen molar-refractivity contribution in [2.75, 3.05) is 6.61 Å². The summed E-state index contributed by atoms with van der Waals surface area (Å²) in [5.74, 6) is 0. The maximum Gasteiger partial charge on any atom is 0.257 e. The number of rotatable bonds is 3. The van der Waals surface area contributed by atoms with Crippen LogP contribution in [0.25, 0.3) is 0 Å². The molecule has 0 rings (SSSR count). The summed E-state index contributed by atoms with van der Waals surface area (Å²) >= 11 is 3.50. The monoisotopic (exact) mass is 196 g/mol. The van der Waals surface area contributed by atoms with Crippen molar-refractivity contribution in [3.8, 4) is 0 Å². The van der Waals surface area contributed by atoms with Crippen LogP contribution in [0.2, 0.25) is 13.1 Å². The van der Waals surface area contributed by atoms with E-state index in [0.717, 1.165) is 13.0 Å². The Balaban J connectivity index is 3.11. The van der Waals surface area contributed by atoms with E-state index >= 15 is 0 Å². The summed E-state index contributed by atoms with van der Waals surface area (Å²) in [5, 5.41) is 0. The standard InChI is InChI=1S/C5H13BrOSi/c1-4-5-7-8(2,3)6/h4-5H2,1-3H3. The molecule has 0 aromatic rings. The van der Waals surface area contributed by atoms with Gasteiger partial charge in [0, 0.05) is 6.61 Å². The van der Waals surface area contributed by atoms with E-state index in [0.29, 0.717) is 0 Å². The van der Waals surface area contributed by atoms with Crippen molar-refractivity contribution in [2.24, 2.45) is 0 Å². The Bertz CT molecular complexity index is 59.9. The molecule has 0 N–H and O–H groups in total. The van der Waals surface area contributed by atoms with Crippen molar-refractivity contribution >= 4 is 22.2 Å². The SMILES string of the molecule is CCCO[Si](C)(C)Br. The average molecular weight is 197 g/mol. The molecular formula is C5H13BrOSi. The van der Waals surface area contributed by atoms with E-state index in [1.54, 1.807) is 0 Å². The summed E-state index contributed by atoms with van der Waals surface area (Å²) in [5.41, 5.74) is 0.